The fourth-order valence-electron chi connectivity index (χ4n) is 4.33. The highest BCUT2D eigenvalue weighted by atomic mass is 35.5. The van der Waals surface area contributed by atoms with Gasteiger partial charge in [0.1, 0.15) is 5.75 Å². The van der Waals surface area contributed by atoms with Crippen LogP contribution < -0.4 is 10.3 Å². The summed E-state index contributed by atoms with van der Waals surface area (Å²) in [5.41, 5.74) is 5.80. The van der Waals surface area contributed by atoms with Gasteiger partial charge in [-0.15, -0.1) is 0 Å². The van der Waals surface area contributed by atoms with Gasteiger partial charge in [-0.2, -0.15) is 5.10 Å². The number of hydrazone groups is 1. The fourth-order valence-corrected chi connectivity index (χ4v) is 4.54. The second-order valence-corrected chi connectivity index (χ2v) is 9.23. The maximum absolute atomic E-state index is 12.6. The van der Waals surface area contributed by atoms with Gasteiger partial charge in [0.2, 0.25) is 0 Å². The number of carbonyl (C=O) groups excluding carboxylic acids is 1. The van der Waals surface area contributed by atoms with E-state index >= 15 is 0 Å². The van der Waals surface area contributed by atoms with Crippen LogP contribution in [0.3, 0.4) is 0 Å². The van der Waals surface area contributed by atoms with Gasteiger partial charge < -0.3 is 10.0 Å². The number of nitrogens with one attached hydrogen (secondary N) is 1. The summed E-state index contributed by atoms with van der Waals surface area (Å²) in [4.78, 5) is 14.8. The molecule has 1 atom stereocenters. The number of amides is 1. The van der Waals surface area contributed by atoms with Crippen molar-refractivity contribution in [3.05, 3.63) is 70.2 Å². The van der Waals surface area contributed by atoms with E-state index in [2.05, 4.69) is 43.2 Å². The molecule has 160 valence electrons. The quantitative estimate of drug-likeness (QED) is 0.410. The Kier molecular flexibility index (Phi) is 5.40. The second-order valence-electron chi connectivity index (χ2n) is 8.82. The Balaban J connectivity index is 1.57. The van der Waals surface area contributed by atoms with E-state index in [0.29, 0.717) is 10.9 Å². The molecular formula is C25H26ClN3O2. The largest absolute Gasteiger partial charge is 0.507 e. The van der Waals surface area contributed by atoms with Crippen molar-refractivity contribution in [2.45, 2.75) is 38.6 Å². The van der Waals surface area contributed by atoms with Crippen molar-refractivity contribution in [1.82, 2.24) is 5.43 Å². The molecule has 5 nitrogen and oxygen atoms in total. The zero-order valence-electron chi connectivity index (χ0n) is 18.1. The maximum Gasteiger partial charge on any atom is 0.275 e. The molecule has 0 radical (unpaired) electrons. The molecule has 0 saturated carbocycles. The molecule has 4 rings (SSSR count). The third-order valence-corrected chi connectivity index (χ3v) is 6.56. The van der Waals surface area contributed by atoms with E-state index in [-0.39, 0.29) is 16.9 Å². The molecule has 31 heavy (non-hydrogen) atoms. The summed E-state index contributed by atoms with van der Waals surface area (Å²) in [6.07, 6.45) is 2.58. The van der Waals surface area contributed by atoms with Crippen LogP contribution in [0.25, 0.3) is 10.8 Å². The first-order chi connectivity index (χ1) is 14.7. The zero-order valence-corrected chi connectivity index (χ0v) is 18.9. The molecule has 1 unspecified atom stereocenters. The summed E-state index contributed by atoms with van der Waals surface area (Å²) in [5.74, 6) is -0.184. The standard InChI is InChI=1S/C25H26ClN3O2/c1-15-13-25(2,3)29(4)22-12-21(26)18(10-19(15)22)14-27-28-24(31)20-9-16-7-5-6-8-17(16)11-23(20)30/h5-12,14-15,30H,13H2,1-4H3,(H,28,31)/b27-14-. The van der Waals surface area contributed by atoms with Crippen molar-refractivity contribution < 1.29 is 9.90 Å². The number of hydrogen-bond acceptors (Lipinski definition) is 4. The Labute approximate surface area is 187 Å². The molecule has 0 aliphatic carbocycles. The molecule has 0 spiro atoms. The van der Waals surface area contributed by atoms with Crippen molar-refractivity contribution in [2.24, 2.45) is 5.10 Å². The van der Waals surface area contributed by atoms with Crippen molar-refractivity contribution in [3.8, 4) is 5.75 Å². The van der Waals surface area contributed by atoms with Gasteiger partial charge in [-0.3, -0.25) is 4.79 Å². The van der Waals surface area contributed by atoms with E-state index in [1.165, 1.54) is 5.56 Å². The van der Waals surface area contributed by atoms with Gasteiger partial charge >= 0.3 is 0 Å². The predicted molar refractivity (Wildman–Crippen MR) is 128 cm³/mol. The molecule has 0 saturated heterocycles. The average Bonchev–Trinajstić information content (AvgIpc) is 2.72. The zero-order chi connectivity index (χ0) is 22.3. The molecule has 1 aliphatic rings. The van der Waals surface area contributed by atoms with Crippen LogP contribution in [0.2, 0.25) is 5.02 Å². The van der Waals surface area contributed by atoms with Gasteiger partial charge in [-0.25, -0.2) is 5.43 Å². The van der Waals surface area contributed by atoms with Crippen LogP contribution >= 0.6 is 11.6 Å². The van der Waals surface area contributed by atoms with Crippen LogP contribution in [0, 0.1) is 0 Å². The highest BCUT2D eigenvalue weighted by Crippen LogP contribution is 2.44. The van der Waals surface area contributed by atoms with Crippen molar-refractivity contribution in [2.75, 3.05) is 11.9 Å². The summed E-state index contributed by atoms with van der Waals surface area (Å²) < 4.78 is 0. The number of anilines is 1. The van der Waals surface area contributed by atoms with Gasteiger partial charge in [0.15, 0.2) is 0 Å². The third-order valence-electron chi connectivity index (χ3n) is 6.23. The lowest BCUT2D eigenvalue weighted by Crippen LogP contribution is -2.45. The molecule has 1 aliphatic heterocycles. The Morgan fingerprint density at radius 1 is 1.23 bits per heavy atom. The number of fused-ring (bicyclic) bond motifs is 2. The molecule has 6 heteroatoms. The number of benzene rings is 3. The molecule has 0 fully saturated rings. The molecule has 0 bridgehead atoms. The number of rotatable bonds is 3. The lowest BCUT2D eigenvalue weighted by molar-refractivity contribution is 0.0952. The summed E-state index contributed by atoms with van der Waals surface area (Å²) in [5, 5.41) is 16.6. The highest BCUT2D eigenvalue weighted by Gasteiger charge is 2.34. The fraction of sp³-hybridized carbons (Fsp3) is 0.280. The van der Waals surface area contributed by atoms with Gasteiger partial charge in [0, 0.05) is 23.8 Å². The van der Waals surface area contributed by atoms with Crippen LogP contribution in [-0.4, -0.2) is 29.8 Å². The number of phenolic OH excluding ortho intramolecular Hbond substituents is 1. The number of nitrogens with zero attached hydrogens (tertiary/aromatic N) is 2. The summed E-state index contributed by atoms with van der Waals surface area (Å²) in [7, 11) is 2.09. The predicted octanol–water partition coefficient (Wildman–Crippen LogP) is 5.68. The van der Waals surface area contributed by atoms with E-state index in [0.717, 1.165) is 28.4 Å². The normalized spacial score (nSPS) is 17.7. The minimum absolute atomic E-state index is 0.0567. The van der Waals surface area contributed by atoms with Crippen LogP contribution in [0.4, 0.5) is 5.69 Å². The summed E-state index contributed by atoms with van der Waals surface area (Å²) in [6.45, 7) is 6.67. The Bertz CT molecular complexity index is 1200. The molecule has 1 amide bonds. The third kappa shape index (κ3) is 3.98. The smallest absolute Gasteiger partial charge is 0.275 e. The molecular weight excluding hydrogens is 410 g/mol. The molecule has 3 aromatic rings. The SMILES string of the molecule is CC1CC(C)(C)N(C)c2cc(Cl)c(/C=N\NC(=O)c3cc4ccccc4cc3O)cc21. The number of phenols is 1. The number of halogens is 1. The lowest BCUT2D eigenvalue weighted by Gasteiger charge is -2.45. The first-order valence-corrected chi connectivity index (χ1v) is 10.7. The van der Waals surface area contributed by atoms with E-state index in [4.69, 9.17) is 11.6 Å². The van der Waals surface area contributed by atoms with E-state index in [1.54, 1.807) is 18.3 Å². The summed E-state index contributed by atoms with van der Waals surface area (Å²) >= 11 is 6.52. The van der Waals surface area contributed by atoms with Gasteiger partial charge in [0.25, 0.3) is 5.91 Å². The number of aromatic hydroxyl groups is 1. The average molecular weight is 436 g/mol. The first-order valence-electron chi connectivity index (χ1n) is 10.3. The minimum Gasteiger partial charge on any atom is -0.507 e. The number of carbonyl (C=O) groups is 1. The van der Waals surface area contributed by atoms with Gasteiger partial charge in [0.05, 0.1) is 16.8 Å². The van der Waals surface area contributed by atoms with Crippen LogP contribution in [0.5, 0.6) is 5.75 Å². The van der Waals surface area contributed by atoms with Crippen LogP contribution in [0.15, 0.2) is 53.6 Å². The van der Waals surface area contributed by atoms with E-state index in [1.807, 2.05) is 36.4 Å². The van der Waals surface area contributed by atoms with Crippen molar-refractivity contribution in [1.29, 1.82) is 0 Å². The van der Waals surface area contributed by atoms with Crippen LogP contribution in [-0.2, 0) is 0 Å². The van der Waals surface area contributed by atoms with E-state index in [9.17, 15) is 9.90 Å². The molecule has 0 aromatic heterocycles. The monoisotopic (exact) mass is 435 g/mol. The Morgan fingerprint density at radius 2 is 1.90 bits per heavy atom. The Hall–Kier alpha value is -3.05. The van der Waals surface area contributed by atoms with Crippen molar-refractivity contribution in [3.63, 3.8) is 0 Å². The highest BCUT2D eigenvalue weighted by molar-refractivity contribution is 6.33. The van der Waals surface area contributed by atoms with Gasteiger partial charge in [-0.1, -0.05) is 42.8 Å². The van der Waals surface area contributed by atoms with Crippen molar-refractivity contribution >= 4 is 40.2 Å². The van der Waals surface area contributed by atoms with Crippen LogP contribution in [0.1, 0.15) is 54.6 Å². The topological polar surface area (TPSA) is 64.9 Å². The second kappa shape index (κ2) is 7.89. The minimum atomic E-state index is -0.483. The molecule has 2 N–H and O–H groups in total. The maximum atomic E-state index is 12.6. The molecule has 1 heterocycles. The van der Waals surface area contributed by atoms with Gasteiger partial charge in [-0.05, 0) is 66.8 Å². The summed E-state index contributed by atoms with van der Waals surface area (Å²) in [6, 6.07) is 14.8. The first kappa shape index (κ1) is 21.2. The lowest BCUT2D eigenvalue weighted by atomic mass is 9.80. The Morgan fingerprint density at radius 3 is 2.61 bits per heavy atom. The molecule has 3 aromatic carbocycles. The number of hydrogen-bond donors (Lipinski definition) is 2. The van der Waals surface area contributed by atoms with E-state index < -0.39 is 5.91 Å².